The molecule has 0 aromatic carbocycles. The molecule has 3 fully saturated rings. The molecule has 1 aromatic rings. The molecule has 2 amide bonds. The lowest BCUT2D eigenvalue weighted by Crippen LogP contribution is -2.47. The van der Waals surface area contributed by atoms with Gasteiger partial charge < -0.3 is 19.6 Å². The molecule has 2 aliphatic carbocycles. The maximum Gasteiger partial charge on any atom is 0.276 e. The molecule has 26 heavy (non-hydrogen) atoms. The Hall–Kier alpha value is -2.38. The van der Waals surface area contributed by atoms with Gasteiger partial charge in [-0.25, -0.2) is 0 Å². The number of likely N-dealkylation sites (tertiary alicyclic amines) is 1. The van der Waals surface area contributed by atoms with Gasteiger partial charge in [0.05, 0.1) is 0 Å². The number of nitrogens with one attached hydrogen (secondary N) is 1. The van der Waals surface area contributed by atoms with Gasteiger partial charge in [-0.05, 0) is 25.7 Å². The predicted molar refractivity (Wildman–Crippen MR) is 90.6 cm³/mol. The molecule has 4 aliphatic rings. The van der Waals surface area contributed by atoms with E-state index in [1.54, 1.807) is 11.0 Å². The van der Waals surface area contributed by atoms with Crippen LogP contribution in [0.15, 0.2) is 15.7 Å². The zero-order chi connectivity index (χ0) is 17.7. The summed E-state index contributed by atoms with van der Waals surface area (Å²) in [5, 5.41) is 10.9. The maximum atomic E-state index is 12.6. The van der Waals surface area contributed by atoms with Crippen molar-refractivity contribution in [3.63, 3.8) is 0 Å². The number of nitrogens with zero attached hydrogens (tertiary/aromatic N) is 3. The third-order valence-corrected chi connectivity index (χ3v) is 5.70. The lowest BCUT2D eigenvalue weighted by Gasteiger charge is -2.36. The average Bonchev–Trinajstić information content (AvgIpc) is 3.57. The molecule has 1 N–H and O–H groups in total. The smallest absolute Gasteiger partial charge is 0.276 e. The van der Waals surface area contributed by atoms with Gasteiger partial charge in [-0.3, -0.25) is 9.59 Å². The summed E-state index contributed by atoms with van der Waals surface area (Å²) in [7, 11) is 0. The van der Waals surface area contributed by atoms with E-state index in [1.165, 1.54) is 0 Å². The predicted octanol–water partition coefficient (Wildman–Crippen LogP) is 1.58. The van der Waals surface area contributed by atoms with E-state index >= 15 is 0 Å². The molecule has 5 rings (SSSR count). The number of carbonyl (C=O) groups excluding carboxylic acids is 2. The van der Waals surface area contributed by atoms with E-state index in [0.717, 1.165) is 31.4 Å². The van der Waals surface area contributed by atoms with Gasteiger partial charge in [0.15, 0.2) is 5.69 Å². The van der Waals surface area contributed by atoms with Crippen LogP contribution in [0, 0.1) is 0 Å². The standard InChI is InChI=1S/C18H22N4O4/c23-16(19-12-3-4-12)14-10-18(26-21-14)5-7-22(8-6-18)17(24)13-9-15(25-20-13)11-1-2-11/h9,11-12H,1-8,10H2,(H,19,23). The van der Waals surface area contributed by atoms with Crippen LogP contribution in [0.5, 0.6) is 0 Å². The van der Waals surface area contributed by atoms with Crippen molar-refractivity contribution in [2.24, 2.45) is 5.16 Å². The normalized spacial score (nSPS) is 24.3. The second kappa shape index (κ2) is 5.82. The number of carbonyl (C=O) groups is 2. The average molecular weight is 358 g/mol. The van der Waals surface area contributed by atoms with Gasteiger partial charge in [0.2, 0.25) is 0 Å². The highest BCUT2D eigenvalue weighted by atomic mass is 16.7. The van der Waals surface area contributed by atoms with E-state index in [2.05, 4.69) is 15.6 Å². The van der Waals surface area contributed by atoms with Crippen molar-refractivity contribution >= 4 is 17.5 Å². The maximum absolute atomic E-state index is 12.6. The quantitative estimate of drug-likeness (QED) is 0.881. The molecule has 1 spiro atoms. The Balaban J connectivity index is 1.17. The fourth-order valence-electron chi connectivity index (χ4n) is 3.64. The lowest BCUT2D eigenvalue weighted by molar-refractivity contribution is -0.115. The lowest BCUT2D eigenvalue weighted by atomic mass is 9.86. The third kappa shape index (κ3) is 2.97. The minimum atomic E-state index is -0.448. The molecule has 2 saturated carbocycles. The summed E-state index contributed by atoms with van der Waals surface area (Å²) < 4.78 is 5.29. The van der Waals surface area contributed by atoms with E-state index in [1.807, 2.05) is 0 Å². The molecule has 0 bridgehead atoms. The number of hydrogen-bond donors (Lipinski definition) is 1. The van der Waals surface area contributed by atoms with Crippen molar-refractivity contribution in [3.05, 3.63) is 17.5 Å². The number of amides is 2. The highest BCUT2D eigenvalue weighted by Gasteiger charge is 2.45. The molecule has 8 nitrogen and oxygen atoms in total. The summed E-state index contributed by atoms with van der Waals surface area (Å²) >= 11 is 0. The van der Waals surface area contributed by atoms with E-state index in [4.69, 9.17) is 9.36 Å². The zero-order valence-corrected chi connectivity index (χ0v) is 14.6. The highest BCUT2D eigenvalue weighted by molar-refractivity contribution is 6.39. The molecule has 8 heteroatoms. The van der Waals surface area contributed by atoms with Gasteiger partial charge in [-0.1, -0.05) is 10.3 Å². The van der Waals surface area contributed by atoms with E-state index in [-0.39, 0.29) is 11.8 Å². The Bertz CT molecular complexity index is 770. The number of hydrogen-bond acceptors (Lipinski definition) is 6. The van der Waals surface area contributed by atoms with Gasteiger partial charge in [-0.15, -0.1) is 0 Å². The van der Waals surface area contributed by atoms with E-state index < -0.39 is 5.60 Å². The van der Waals surface area contributed by atoms with Crippen LogP contribution in [0.25, 0.3) is 0 Å². The Labute approximate surface area is 150 Å². The van der Waals surface area contributed by atoms with Gasteiger partial charge in [0.1, 0.15) is 17.1 Å². The molecule has 2 aliphatic heterocycles. The highest BCUT2D eigenvalue weighted by Crippen LogP contribution is 2.40. The van der Waals surface area contributed by atoms with Crippen LogP contribution in [-0.4, -0.2) is 52.3 Å². The van der Waals surface area contributed by atoms with Gasteiger partial charge in [0.25, 0.3) is 11.8 Å². The number of rotatable bonds is 4. The second-order valence-corrected chi connectivity index (χ2v) is 7.92. The molecule has 138 valence electrons. The Kier molecular flexibility index (Phi) is 3.55. The number of aromatic nitrogens is 1. The number of piperidine rings is 1. The Morgan fingerprint density at radius 3 is 2.65 bits per heavy atom. The summed E-state index contributed by atoms with van der Waals surface area (Å²) in [5.41, 5.74) is 0.411. The molecule has 1 aromatic heterocycles. The molecular formula is C18H22N4O4. The molecule has 0 radical (unpaired) electrons. The van der Waals surface area contributed by atoms with Crippen molar-refractivity contribution < 1.29 is 18.9 Å². The second-order valence-electron chi connectivity index (χ2n) is 7.92. The zero-order valence-electron chi connectivity index (χ0n) is 14.6. The third-order valence-electron chi connectivity index (χ3n) is 5.70. The van der Waals surface area contributed by atoms with Gasteiger partial charge in [0, 0.05) is 50.4 Å². The van der Waals surface area contributed by atoms with Crippen molar-refractivity contribution in [2.75, 3.05) is 13.1 Å². The molecule has 0 atom stereocenters. The van der Waals surface area contributed by atoms with Crippen molar-refractivity contribution in [1.29, 1.82) is 0 Å². The summed E-state index contributed by atoms with van der Waals surface area (Å²) in [4.78, 5) is 32.2. The first kappa shape index (κ1) is 15.8. The summed E-state index contributed by atoms with van der Waals surface area (Å²) in [6.45, 7) is 1.13. The van der Waals surface area contributed by atoms with Crippen LogP contribution >= 0.6 is 0 Å². The fraction of sp³-hybridized carbons (Fsp3) is 0.667. The Morgan fingerprint density at radius 2 is 1.96 bits per heavy atom. The first-order chi connectivity index (χ1) is 12.6. The van der Waals surface area contributed by atoms with Crippen molar-refractivity contribution in [2.45, 2.75) is 62.5 Å². The fourth-order valence-corrected chi connectivity index (χ4v) is 3.64. The van der Waals surface area contributed by atoms with Crippen molar-refractivity contribution in [3.8, 4) is 0 Å². The minimum Gasteiger partial charge on any atom is -0.388 e. The van der Waals surface area contributed by atoms with Gasteiger partial charge in [-0.2, -0.15) is 0 Å². The molecular weight excluding hydrogens is 336 g/mol. The first-order valence-corrected chi connectivity index (χ1v) is 9.44. The molecule has 0 unspecified atom stereocenters. The SMILES string of the molecule is O=C(NC1CC1)C1=NOC2(CCN(C(=O)c3cc(C4CC4)on3)CC2)C1. The van der Waals surface area contributed by atoms with Crippen LogP contribution in [0.2, 0.25) is 0 Å². The van der Waals surface area contributed by atoms with Crippen molar-refractivity contribution in [1.82, 2.24) is 15.4 Å². The molecule has 3 heterocycles. The minimum absolute atomic E-state index is 0.0962. The Morgan fingerprint density at radius 1 is 1.19 bits per heavy atom. The monoisotopic (exact) mass is 358 g/mol. The summed E-state index contributed by atoms with van der Waals surface area (Å²) in [6.07, 6.45) is 6.17. The number of oxime groups is 1. The van der Waals surface area contributed by atoms with Crippen LogP contribution in [0.1, 0.15) is 67.1 Å². The topological polar surface area (TPSA) is 97.0 Å². The van der Waals surface area contributed by atoms with Crippen LogP contribution in [0.4, 0.5) is 0 Å². The first-order valence-electron chi connectivity index (χ1n) is 9.44. The van der Waals surface area contributed by atoms with E-state index in [0.29, 0.717) is 55.7 Å². The van der Waals surface area contributed by atoms with Crippen LogP contribution in [-0.2, 0) is 9.63 Å². The van der Waals surface area contributed by atoms with Gasteiger partial charge >= 0.3 is 0 Å². The van der Waals surface area contributed by atoms with E-state index in [9.17, 15) is 9.59 Å². The van der Waals surface area contributed by atoms with Crippen LogP contribution in [0.3, 0.4) is 0 Å². The molecule has 1 saturated heterocycles. The summed E-state index contributed by atoms with van der Waals surface area (Å²) in [6, 6.07) is 2.09. The van der Waals surface area contributed by atoms with Crippen LogP contribution < -0.4 is 5.32 Å². The summed E-state index contributed by atoms with van der Waals surface area (Å²) in [5.74, 6) is 1.05. The largest absolute Gasteiger partial charge is 0.388 e.